The summed E-state index contributed by atoms with van der Waals surface area (Å²) >= 11 is 0. The average molecular weight is 380 g/mol. The number of hydrogen-bond acceptors (Lipinski definition) is 5. The van der Waals surface area contributed by atoms with Gasteiger partial charge in [-0.3, -0.25) is 4.28 Å². The zero-order chi connectivity index (χ0) is 18.7. The van der Waals surface area contributed by atoms with Crippen molar-refractivity contribution >= 4 is 15.8 Å². The van der Waals surface area contributed by atoms with Gasteiger partial charge in [-0.1, -0.05) is 29.8 Å². The lowest BCUT2D eigenvalue weighted by Crippen LogP contribution is -2.52. The van der Waals surface area contributed by atoms with Crippen molar-refractivity contribution < 1.29 is 17.8 Å². The first-order valence-corrected chi connectivity index (χ1v) is 11.5. The number of hydrogen-bond donors (Lipinski definition) is 1. The predicted molar refractivity (Wildman–Crippen MR) is 101 cm³/mol. The molecule has 0 radical (unpaired) electrons. The lowest BCUT2D eigenvalue weighted by molar-refractivity contribution is -0.0928. The van der Waals surface area contributed by atoms with Crippen molar-refractivity contribution in [2.45, 2.75) is 58.0 Å². The Bertz CT molecular complexity index is 795. The van der Waals surface area contributed by atoms with Gasteiger partial charge in [0.15, 0.2) is 0 Å². The standard InChI is InChI=1S/C20H29NO4S/c1-19-10-8-16-15-7-5-14(21-25-26(3,23)24)12-13(15)4-6-17(16)18(19)9-11-20(19,2)22/h9,11-12,15-18,22H,4-8,10H2,1-3H3/b21-14+/t15-,16+,17+,18-,19-,20-/m0/s1. The fourth-order valence-electron chi connectivity index (χ4n) is 6.06. The van der Waals surface area contributed by atoms with Crippen LogP contribution in [0.3, 0.4) is 0 Å². The molecule has 144 valence electrons. The molecule has 1 N–H and O–H groups in total. The van der Waals surface area contributed by atoms with Crippen molar-refractivity contribution in [1.82, 2.24) is 0 Å². The molecule has 0 amide bonds. The van der Waals surface area contributed by atoms with Crippen molar-refractivity contribution in [3.05, 3.63) is 23.8 Å². The van der Waals surface area contributed by atoms with Crippen LogP contribution in [-0.2, 0) is 14.4 Å². The Kier molecular flexibility index (Phi) is 4.16. The summed E-state index contributed by atoms with van der Waals surface area (Å²) in [7, 11) is -3.55. The smallest absolute Gasteiger partial charge is 0.325 e. The molecule has 0 aliphatic heterocycles. The molecule has 0 heterocycles. The van der Waals surface area contributed by atoms with Crippen LogP contribution in [0.4, 0.5) is 0 Å². The average Bonchev–Trinajstić information content (AvgIpc) is 2.82. The summed E-state index contributed by atoms with van der Waals surface area (Å²) in [6, 6.07) is 0. The second-order valence-electron chi connectivity index (χ2n) is 9.08. The van der Waals surface area contributed by atoms with E-state index in [1.807, 2.05) is 13.0 Å². The summed E-state index contributed by atoms with van der Waals surface area (Å²) < 4.78 is 26.9. The first kappa shape index (κ1) is 18.2. The van der Waals surface area contributed by atoms with Crippen molar-refractivity contribution in [2.75, 3.05) is 6.26 Å². The maximum absolute atomic E-state index is 11.2. The number of allylic oxidation sites excluding steroid dienone is 3. The summed E-state index contributed by atoms with van der Waals surface area (Å²) in [5, 5.41) is 14.7. The second kappa shape index (κ2) is 5.93. The molecule has 6 atom stereocenters. The van der Waals surface area contributed by atoms with Crippen LogP contribution >= 0.6 is 0 Å². The van der Waals surface area contributed by atoms with Crippen molar-refractivity contribution in [1.29, 1.82) is 0 Å². The monoisotopic (exact) mass is 379 g/mol. The quantitative estimate of drug-likeness (QED) is 0.589. The molecular weight excluding hydrogens is 350 g/mol. The first-order chi connectivity index (χ1) is 12.1. The minimum absolute atomic E-state index is 0.0417. The van der Waals surface area contributed by atoms with E-state index in [1.165, 1.54) is 5.57 Å². The molecule has 2 fully saturated rings. The minimum atomic E-state index is -3.55. The fourth-order valence-corrected chi connectivity index (χ4v) is 6.29. The molecule has 0 unspecified atom stereocenters. The van der Waals surface area contributed by atoms with Crippen molar-refractivity contribution in [3.63, 3.8) is 0 Å². The van der Waals surface area contributed by atoms with E-state index < -0.39 is 15.7 Å². The maximum Gasteiger partial charge on any atom is 0.325 e. The van der Waals surface area contributed by atoms with Gasteiger partial charge in [0.25, 0.3) is 0 Å². The Hall–Kier alpha value is -1.14. The second-order valence-corrected chi connectivity index (χ2v) is 10.6. The van der Waals surface area contributed by atoms with E-state index in [0.29, 0.717) is 23.7 Å². The van der Waals surface area contributed by atoms with Crippen LogP contribution in [0.15, 0.2) is 29.0 Å². The summed E-state index contributed by atoms with van der Waals surface area (Å²) in [4.78, 5) is 0. The van der Waals surface area contributed by atoms with Crippen LogP contribution in [0.1, 0.15) is 52.4 Å². The third kappa shape index (κ3) is 2.85. The zero-order valence-electron chi connectivity index (χ0n) is 15.8. The van der Waals surface area contributed by atoms with E-state index in [2.05, 4.69) is 28.5 Å². The van der Waals surface area contributed by atoms with E-state index in [1.54, 1.807) is 0 Å². The Morgan fingerprint density at radius 2 is 1.96 bits per heavy atom. The Balaban J connectivity index is 1.55. The van der Waals surface area contributed by atoms with Crippen LogP contribution < -0.4 is 0 Å². The fraction of sp³-hybridized carbons (Fsp3) is 0.750. The highest BCUT2D eigenvalue weighted by Crippen LogP contribution is 2.62. The number of rotatable bonds is 2. The highest BCUT2D eigenvalue weighted by molar-refractivity contribution is 7.85. The van der Waals surface area contributed by atoms with E-state index in [4.69, 9.17) is 0 Å². The molecular formula is C20H29NO4S. The summed E-state index contributed by atoms with van der Waals surface area (Å²) in [5.41, 5.74) is 1.41. The lowest BCUT2D eigenvalue weighted by atomic mass is 9.50. The van der Waals surface area contributed by atoms with E-state index in [9.17, 15) is 13.5 Å². The number of fused-ring (bicyclic) bond motifs is 5. The van der Waals surface area contributed by atoms with Crippen molar-refractivity contribution in [2.24, 2.45) is 34.2 Å². The summed E-state index contributed by atoms with van der Waals surface area (Å²) in [6.45, 7) is 4.22. The molecule has 0 spiro atoms. The van der Waals surface area contributed by atoms with Crippen molar-refractivity contribution in [3.8, 4) is 0 Å². The van der Waals surface area contributed by atoms with E-state index in [0.717, 1.165) is 50.5 Å². The highest BCUT2D eigenvalue weighted by atomic mass is 32.2. The van der Waals surface area contributed by atoms with Gasteiger partial charge in [0, 0.05) is 5.41 Å². The molecule has 2 saturated carbocycles. The Morgan fingerprint density at radius 1 is 1.19 bits per heavy atom. The Morgan fingerprint density at radius 3 is 2.69 bits per heavy atom. The molecule has 0 aromatic carbocycles. The summed E-state index contributed by atoms with van der Waals surface area (Å²) in [5.74, 6) is 2.31. The first-order valence-electron chi connectivity index (χ1n) is 9.68. The number of nitrogens with zero attached hydrogens (tertiary/aromatic N) is 1. The molecule has 5 nitrogen and oxygen atoms in total. The topological polar surface area (TPSA) is 76.0 Å². The van der Waals surface area contributed by atoms with Gasteiger partial charge in [-0.05, 0) is 75.2 Å². The van der Waals surface area contributed by atoms with Gasteiger partial charge in [0.2, 0.25) is 0 Å². The van der Waals surface area contributed by atoms with Crippen LogP contribution in [0, 0.1) is 29.1 Å². The molecule has 6 heteroatoms. The highest BCUT2D eigenvalue weighted by Gasteiger charge is 2.58. The lowest BCUT2D eigenvalue weighted by Gasteiger charge is -2.55. The van der Waals surface area contributed by atoms with Gasteiger partial charge in [0.05, 0.1) is 17.6 Å². The Labute approximate surface area is 156 Å². The number of oxime groups is 1. The molecule has 0 bridgehead atoms. The minimum Gasteiger partial charge on any atom is -0.385 e. The number of aliphatic hydroxyl groups is 1. The summed E-state index contributed by atoms with van der Waals surface area (Å²) in [6.07, 6.45) is 13.6. The zero-order valence-corrected chi connectivity index (χ0v) is 16.6. The van der Waals surface area contributed by atoms with Crippen LogP contribution in [0.2, 0.25) is 0 Å². The van der Waals surface area contributed by atoms with Crippen LogP contribution in [0.25, 0.3) is 0 Å². The van der Waals surface area contributed by atoms with Gasteiger partial charge >= 0.3 is 10.1 Å². The van der Waals surface area contributed by atoms with Gasteiger partial charge in [-0.2, -0.15) is 8.42 Å². The molecule has 0 aromatic heterocycles. The molecule has 4 aliphatic rings. The SMILES string of the molecule is C[C@]1(O)C=C[C@H]2[C@@H]3CCC4=C/C(=N/OS(C)(=O)=O)CC[C@@H]4[C@H]3CC[C@@]21C. The predicted octanol–water partition coefficient (Wildman–Crippen LogP) is 3.42. The van der Waals surface area contributed by atoms with E-state index >= 15 is 0 Å². The largest absolute Gasteiger partial charge is 0.385 e. The molecule has 26 heavy (non-hydrogen) atoms. The van der Waals surface area contributed by atoms with Gasteiger partial charge in [-0.25, -0.2) is 0 Å². The van der Waals surface area contributed by atoms with E-state index in [-0.39, 0.29) is 5.41 Å². The van der Waals surface area contributed by atoms with Gasteiger partial charge in [-0.15, -0.1) is 0 Å². The molecule has 0 aromatic rings. The third-order valence-electron chi connectivity index (χ3n) is 7.64. The van der Waals surface area contributed by atoms with Crippen LogP contribution in [-0.4, -0.2) is 31.1 Å². The normalized spacial score (nSPS) is 46.3. The third-order valence-corrected chi connectivity index (χ3v) is 7.99. The van der Waals surface area contributed by atoms with Gasteiger partial charge in [0.1, 0.15) is 0 Å². The maximum atomic E-state index is 11.2. The molecule has 4 rings (SSSR count). The molecule has 0 saturated heterocycles. The van der Waals surface area contributed by atoms with Gasteiger partial charge < -0.3 is 5.11 Å². The van der Waals surface area contributed by atoms with Crippen LogP contribution in [0.5, 0.6) is 0 Å². The molecule has 4 aliphatic carbocycles.